The number of rotatable bonds is 3. The van der Waals surface area contributed by atoms with E-state index < -0.39 is 0 Å². The third kappa shape index (κ3) is 2.80. The van der Waals surface area contributed by atoms with Crippen LogP contribution >= 0.6 is 0 Å². The molecular formula is C24H19FN6O. The second kappa shape index (κ2) is 6.71. The van der Waals surface area contributed by atoms with Gasteiger partial charge < -0.3 is 4.90 Å². The predicted molar refractivity (Wildman–Crippen MR) is 117 cm³/mol. The number of halogens is 1. The van der Waals surface area contributed by atoms with Gasteiger partial charge >= 0.3 is 0 Å². The maximum atomic E-state index is 15.1. The van der Waals surface area contributed by atoms with Crippen molar-refractivity contribution < 1.29 is 9.18 Å². The number of aryl methyl sites for hydroxylation is 2. The van der Waals surface area contributed by atoms with Crippen LogP contribution < -0.4 is 0 Å². The first-order valence-electron chi connectivity index (χ1n) is 10.3. The van der Waals surface area contributed by atoms with Crippen LogP contribution in [0.4, 0.5) is 4.39 Å². The van der Waals surface area contributed by atoms with Gasteiger partial charge in [0.1, 0.15) is 17.8 Å². The van der Waals surface area contributed by atoms with Gasteiger partial charge in [-0.25, -0.2) is 4.39 Å². The zero-order valence-electron chi connectivity index (χ0n) is 17.6. The molecule has 0 unspecified atom stereocenters. The third-order valence-corrected chi connectivity index (χ3v) is 6.07. The van der Waals surface area contributed by atoms with E-state index in [1.165, 1.54) is 12.4 Å². The first-order valence-corrected chi connectivity index (χ1v) is 10.3. The van der Waals surface area contributed by atoms with Crippen molar-refractivity contribution in [2.75, 3.05) is 0 Å². The van der Waals surface area contributed by atoms with Crippen LogP contribution in [0, 0.1) is 12.7 Å². The minimum atomic E-state index is -0.329. The van der Waals surface area contributed by atoms with E-state index in [0.717, 1.165) is 33.2 Å². The van der Waals surface area contributed by atoms with Crippen molar-refractivity contribution in [3.05, 3.63) is 83.2 Å². The van der Waals surface area contributed by atoms with Crippen molar-refractivity contribution in [1.82, 2.24) is 29.3 Å². The topological polar surface area (TPSA) is 68.3 Å². The molecule has 8 heteroatoms. The van der Waals surface area contributed by atoms with Crippen molar-refractivity contribution in [2.24, 2.45) is 7.05 Å². The van der Waals surface area contributed by atoms with E-state index in [1.807, 2.05) is 50.5 Å². The Morgan fingerprint density at radius 1 is 1.09 bits per heavy atom. The number of carbonyl (C=O) groups is 1. The molecule has 0 bridgehead atoms. The number of hydrogen-bond acceptors (Lipinski definition) is 4. The molecule has 32 heavy (non-hydrogen) atoms. The number of benzene rings is 2. The van der Waals surface area contributed by atoms with E-state index in [1.54, 1.807) is 20.0 Å². The molecule has 4 heterocycles. The standard InChI is InChI=1S/C24H19FN6O/c1-14-7-18(8-19-10-29(2)28-22(14)19)15-3-4-16(20(25)9-15)11-30-12-17-5-6-21-27-26-13-31(21)23(17)24(30)32/h3-10,13H,11-12H2,1-2H3. The van der Waals surface area contributed by atoms with Crippen LogP contribution in [0.25, 0.3) is 27.7 Å². The van der Waals surface area contributed by atoms with Crippen LogP contribution in [-0.4, -0.2) is 35.2 Å². The van der Waals surface area contributed by atoms with Crippen molar-refractivity contribution >= 4 is 22.5 Å². The Hall–Kier alpha value is -4.07. The lowest BCUT2D eigenvalue weighted by Crippen LogP contribution is -2.24. The lowest BCUT2D eigenvalue weighted by atomic mass is 9.99. The van der Waals surface area contributed by atoms with Gasteiger partial charge in [0.2, 0.25) is 0 Å². The molecule has 1 amide bonds. The molecule has 0 atom stereocenters. The Morgan fingerprint density at radius 3 is 2.81 bits per heavy atom. The number of aromatic nitrogens is 5. The van der Waals surface area contributed by atoms with Crippen molar-refractivity contribution in [3.8, 4) is 11.1 Å². The SMILES string of the molecule is Cc1cc(-c2ccc(CN3Cc4ccc5nncn5c4C3=O)c(F)c2)cc2cn(C)nc12. The van der Waals surface area contributed by atoms with E-state index in [0.29, 0.717) is 23.4 Å². The van der Waals surface area contributed by atoms with Gasteiger partial charge in [-0.05, 0) is 47.9 Å². The third-order valence-electron chi connectivity index (χ3n) is 6.07. The molecule has 6 rings (SSSR count). The highest BCUT2D eigenvalue weighted by Gasteiger charge is 2.30. The summed E-state index contributed by atoms with van der Waals surface area (Å²) >= 11 is 0. The largest absolute Gasteiger partial charge is 0.329 e. The fraction of sp³-hybridized carbons (Fsp3) is 0.167. The second-order valence-corrected chi connectivity index (χ2v) is 8.27. The first-order chi connectivity index (χ1) is 15.5. The Bertz CT molecular complexity index is 1550. The number of hydrogen-bond donors (Lipinski definition) is 0. The molecule has 3 aromatic heterocycles. The molecule has 158 valence electrons. The van der Waals surface area contributed by atoms with Crippen molar-refractivity contribution in [1.29, 1.82) is 0 Å². The molecule has 0 radical (unpaired) electrons. The quantitative estimate of drug-likeness (QED) is 0.439. The lowest BCUT2D eigenvalue weighted by Gasteiger charge is -2.16. The number of carbonyl (C=O) groups excluding carboxylic acids is 1. The zero-order chi connectivity index (χ0) is 22.0. The molecule has 1 aliphatic heterocycles. The minimum absolute atomic E-state index is 0.147. The van der Waals surface area contributed by atoms with Gasteiger partial charge in [0.15, 0.2) is 5.65 Å². The molecule has 0 saturated carbocycles. The van der Waals surface area contributed by atoms with Gasteiger partial charge in [0.05, 0.1) is 5.52 Å². The number of fused-ring (bicyclic) bond motifs is 4. The number of amides is 1. The summed E-state index contributed by atoms with van der Waals surface area (Å²) < 4.78 is 18.6. The van der Waals surface area contributed by atoms with Gasteiger partial charge in [0, 0.05) is 42.8 Å². The summed E-state index contributed by atoms with van der Waals surface area (Å²) in [6, 6.07) is 13.0. The lowest BCUT2D eigenvalue weighted by molar-refractivity contribution is 0.0760. The minimum Gasteiger partial charge on any atom is -0.329 e. The van der Waals surface area contributed by atoms with Crippen LogP contribution in [0.5, 0.6) is 0 Å². The molecule has 1 aliphatic rings. The molecule has 0 N–H and O–H groups in total. The molecule has 5 aromatic rings. The highest BCUT2D eigenvalue weighted by molar-refractivity contribution is 5.97. The summed E-state index contributed by atoms with van der Waals surface area (Å²) in [5.74, 6) is -0.476. The molecule has 0 fully saturated rings. The summed E-state index contributed by atoms with van der Waals surface area (Å²) in [7, 11) is 1.89. The van der Waals surface area contributed by atoms with Gasteiger partial charge in [-0.15, -0.1) is 10.2 Å². The summed E-state index contributed by atoms with van der Waals surface area (Å²) in [5.41, 5.74) is 6.26. The maximum Gasteiger partial charge on any atom is 0.271 e. The molecular weight excluding hydrogens is 407 g/mol. The molecule has 0 aliphatic carbocycles. The average molecular weight is 426 g/mol. The highest BCUT2D eigenvalue weighted by Crippen LogP contribution is 2.30. The van der Waals surface area contributed by atoms with Crippen LogP contribution in [0.15, 0.2) is 55.0 Å². The van der Waals surface area contributed by atoms with Gasteiger partial charge in [-0.1, -0.05) is 18.2 Å². The van der Waals surface area contributed by atoms with Gasteiger partial charge in [0.25, 0.3) is 5.91 Å². The predicted octanol–water partition coefficient (Wildman–Crippen LogP) is 3.89. The summed E-state index contributed by atoms with van der Waals surface area (Å²) in [6.45, 7) is 2.64. The summed E-state index contributed by atoms with van der Waals surface area (Å²) in [6.07, 6.45) is 3.49. The van der Waals surface area contributed by atoms with E-state index in [4.69, 9.17) is 0 Å². The molecule has 7 nitrogen and oxygen atoms in total. The van der Waals surface area contributed by atoms with Gasteiger partial charge in [-0.2, -0.15) is 5.10 Å². The Morgan fingerprint density at radius 2 is 1.97 bits per heavy atom. The Labute approximate surface area is 182 Å². The second-order valence-electron chi connectivity index (χ2n) is 8.27. The van der Waals surface area contributed by atoms with Crippen molar-refractivity contribution in [2.45, 2.75) is 20.0 Å². The number of pyridine rings is 1. The maximum absolute atomic E-state index is 15.1. The van der Waals surface area contributed by atoms with Crippen molar-refractivity contribution in [3.63, 3.8) is 0 Å². The fourth-order valence-electron chi connectivity index (χ4n) is 4.52. The summed E-state index contributed by atoms with van der Waals surface area (Å²) in [4.78, 5) is 14.6. The fourth-order valence-corrected chi connectivity index (χ4v) is 4.52. The van der Waals surface area contributed by atoms with Gasteiger partial charge in [-0.3, -0.25) is 13.9 Å². The van der Waals surface area contributed by atoms with Crippen LogP contribution in [0.2, 0.25) is 0 Å². The Balaban J connectivity index is 1.30. The van der Waals surface area contributed by atoms with E-state index >= 15 is 4.39 Å². The first kappa shape index (κ1) is 18.7. The van der Waals surface area contributed by atoms with E-state index in [2.05, 4.69) is 15.3 Å². The molecule has 0 spiro atoms. The van der Waals surface area contributed by atoms with E-state index in [9.17, 15) is 4.79 Å². The smallest absolute Gasteiger partial charge is 0.271 e. The Kier molecular flexibility index (Phi) is 3.92. The normalized spacial score (nSPS) is 13.5. The van der Waals surface area contributed by atoms with Crippen LogP contribution in [0.1, 0.15) is 27.2 Å². The van der Waals surface area contributed by atoms with Crippen LogP contribution in [0.3, 0.4) is 0 Å². The monoisotopic (exact) mass is 426 g/mol. The molecule has 0 saturated heterocycles. The zero-order valence-corrected chi connectivity index (χ0v) is 17.6. The molecule has 2 aromatic carbocycles. The average Bonchev–Trinajstić information content (AvgIpc) is 3.46. The summed E-state index contributed by atoms with van der Waals surface area (Å²) in [5, 5.41) is 13.4. The highest BCUT2D eigenvalue weighted by atomic mass is 19.1. The van der Waals surface area contributed by atoms with E-state index in [-0.39, 0.29) is 18.3 Å². The number of nitrogens with zero attached hydrogens (tertiary/aromatic N) is 6. The van der Waals surface area contributed by atoms with Crippen LogP contribution in [-0.2, 0) is 20.1 Å².